The summed E-state index contributed by atoms with van der Waals surface area (Å²) >= 11 is 8.82. The normalized spacial score (nSPS) is 10.8. The first kappa shape index (κ1) is 12.5. The molecule has 3 aromatic heterocycles. The predicted octanol–water partition coefficient (Wildman–Crippen LogP) is 2.63. The van der Waals surface area contributed by atoms with Gasteiger partial charge in [-0.15, -0.1) is 11.3 Å². The fourth-order valence-electron chi connectivity index (χ4n) is 1.32. The molecule has 19 heavy (non-hydrogen) atoms. The Balaban J connectivity index is 1.94. The Bertz CT molecular complexity index is 696. The van der Waals surface area contributed by atoms with Crippen molar-refractivity contribution in [3.05, 3.63) is 35.1 Å². The minimum absolute atomic E-state index is 0.148. The molecule has 0 radical (unpaired) electrons. The van der Waals surface area contributed by atoms with E-state index in [4.69, 9.17) is 11.6 Å². The van der Waals surface area contributed by atoms with Gasteiger partial charge in [-0.2, -0.15) is 15.0 Å². The molecule has 6 nitrogen and oxygen atoms in total. The van der Waals surface area contributed by atoms with Crippen LogP contribution in [-0.4, -0.2) is 29.5 Å². The third-order valence-electron chi connectivity index (χ3n) is 2.09. The molecule has 3 aromatic rings. The molecule has 0 unspecified atom stereocenters. The molecule has 0 aliphatic rings. The summed E-state index contributed by atoms with van der Waals surface area (Å²) in [7, 11) is 0. The second kappa shape index (κ2) is 5.24. The molecule has 0 amide bonds. The van der Waals surface area contributed by atoms with E-state index in [1.54, 1.807) is 34.6 Å². The Labute approximate surface area is 121 Å². The number of aromatic nitrogens is 6. The zero-order chi connectivity index (χ0) is 13.2. The summed E-state index contributed by atoms with van der Waals surface area (Å²) in [6.07, 6.45) is 5.00. The van der Waals surface area contributed by atoms with E-state index in [1.807, 2.05) is 12.3 Å². The van der Waals surface area contributed by atoms with Gasteiger partial charge in [0.05, 0.1) is 0 Å². The van der Waals surface area contributed by atoms with Crippen molar-refractivity contribution >= 4 is 34.7 Å². The molecule has 3 rings (SSSR count). The molecule has 0 saturated carbocycles. The maximum absolute atomic E-state index is 5.91. The summed E-state index contributed by atoms with van der Waals surface area (Å²) in [5.74, 6) is 0.438. The van der Waals surface area contributed by atoms with Crippen molar-refractivity contribution in [3.8, 4) is 5.95 Å². The number of aryl methyl sites for hydroxylation is 1. The molecular formula is C10H7ClN6S2. The van der Waals surface area contributed by atoms with E-state index in [9.17, 15) is 0 Å². The van der Waals surface area contributed by atoms with E-state index >= 15 is 0 Å². The lowest BCUT2D eigenvalue weighted by Gasteiger charge is -2.02. The molecule has 0 aliphatic carbocycles. The van der Waals surface area contributed by atoms with Crippen LogP contribution in [0.25, 0.3) is 5.95 Å². The fourth-order valence-corrected chi connectivity index (χ4v) is 3.21. The number of hydrogen-bond donors (Lipinski definition) is 0. The molecule has 0 aromatic carbocycles. The third kappa shape index (κ3) is 2.91. The van der Waals surface area contributed by atoms with Gasteiger partial charge in [0.2, 0.25) is 16.4 Å². The van der Waals surface area contributed by atoms with Crippen molar-refractivity contribution < 1.29 is 0 Å². The van der Waals surface area contributed by atoms with Crippen LogP contribution < -0.4 is 0 Å². The van der Waals surface area contributed by atoms with Crippen LogP contribution in [0.2, 0.25) is 5.28 Å². The van der Waals surface area contributed by atoms with E-state index < -0.39 is 0 Å². The average Bonchev–Trinajstić information content (AvgIpc) is 3.00. The second-order valence-corrected chi connectivity index (χ2v) is 5.92. The summed E-state index contributed by atoms with van der Waals surface area (Å²) in [6, 6.07) is 0. The van der Waals surface area contributed by atoms with Crippen molar-refractivity contribution in [1.82, 2.24) is 29.5 Å². The van der Waals surface area contributed by atoms with E-state index in [0.717, 1.165) is 10.0 Å². The highest BCUT2D eigenvalue weighted by molar-refractivity contribution is 8.00. The van der Waals surface area contributed by atoms with Gasteiger partial charge in [-0.3, -0.25) is 4.57 Å². The summed E-state index contributed by atoms with van der Waals surface area (Å²) in [5.41, 5.74) is 0.975. The van der Waals surface area contributed by atoms with Crippen LogP contribution in [-0.2, 0) is 0 Å². The van der Waals surface area contributed by atoms with E-state index in [0.29, 0.717) is 11.1 Å². The van der Waals surface area contributed by atoms with Crippen LogP contribution in [0.3, 0.4) is 0 Å². The van der Waals surface area contributed by atoms with Crippen LogP contribution in [0.4, 0.5) is 0 Å². The van der Waals surface area contributed by atoms with Crippen molar-refractivity contribution in [3.63, 3.8) is 0 Å². The maximum Gasteiger partial charge on any atom is 0.240 e. The highest BCUT2D eigenvalue weighted by Crippen LogP contribution is 2.28. The Kier molecular flexibility index (Phi) is 3.45. The first-order chi connectivity index (χ1) is 9.20. The second-order valence-electron chi connectivity index (χ2n) is 3.51. The lowest BCUT2D eigenvalue weighted by atomic mass is 10.6. The van der Waals surface area contributed by atoms with Crippen molar-refractivity contribution in [2.45, 2.75) is 16.4 Å². The highest BCUT2D eigenvalue weighted by atomic mass is 35.5. The SMILES string of the molecule is Cc1csc(Sc2nc(Cl)nc(-n3ccnc3)n2)n1. The largest absolute Gasteiger partial charge is 0.274 e. The van der Waals surface area contributed by atoms with Gasteiger partial charge in [-0.25, -0.2) is 9.97 Å². The molecule has 0 bridgehead atoms. The van der Waals surface area contributed by atoms with E-state index in [-0.39, 0.29) is 5.28 Å². The van der Waals surface area contributed by atoms with Gasteiger partial charge in [-0.1, -0.05) is 0 Å². The zero-order valence-electron chi connectivity index (χ0n) is 9.69. The standard InChI is InChI=1S/C10H7ClN6S2/c1-6-4-18-10(13-6)19-9-15-7(11)14-8(16-9)17-3-2-12-5-17/h2-5H,1H3. The molecule has 0 saturated heterocycles. The molecular weight excluding hydrogens is 304 g/mol. The number of hydrogen-bond acceptors (Lipinski definition) is 7. The van der Waals surface area contributed by atoms with E-state index in [2.05, 4.69) is 24.9 Å². The minimum Gasteiger partial charge on any atom is -0.274 e. The Morgan fingerprint density at radius 1 is 1.26 bits per heavy atom. The van der Waals surface area contributed by atoms with Crippen molar-refractivity contribution in [2.75, 3.05) is 0 Å². The van der Waals surface area contributed by atoms with Crippen molar-refractivity contribution in [2.24, 2.45) is 0 Å². The molecule has 0 fully saturated rings. The predicted molar refractivity (Wildman–Crippen MR) is 72.9 cm³/mol. The highest BCUT2D eigenvalue weighted by Gasteiger charge is 2.10. The van der Waals surface area contributed by atoms with Crippen molar-refractivity contribution in [1.29, 1.82) is 0 Å². The quantitative estimate of drug-likeness (QED) is 0.740. The first-order valence-electron chi connectivity index (χ1n) is 5.20. The molecule has 9 heteroatoms. The average molecular weight is 311 g/mol. The summed E-state index contributed by atoms with van der Waals surface area (Å²) < 4.78 is 2.54. The Morgan fingerprint density at radius 2 is 2.16 bits per heavy atom. The molecule has 0 N–H and O–H groups in total. The molecule has 0 spiro atoms. The number of nitrogens with zero attached hydrogens (tertiary/aromatic N) is 6. The number of halogens is 1. The summed E-state index contributed by atoms with van der Waals surface area (Å²) in [5, 5.41) is 2.63. The molecule has 3 heterocycles. The Hall–Kier alpha value is -1.51. The summed E-state index contributed by atoms with van der Waals surface area (Å²) in [6.45, 7) is 1.94. The fraction of sp³-hybridized carbons (Fsp3) is 0.100. The van der Waals surface area contributed by atoms with Crippen LogP contribution >= 0.6 is 34.7 Å². The van der Waals surface area contributed by atoms with Crippen LogP contribution in [0, 0.1) is 6.92 Å². The number of imidazole rings is 1. The topological polar surface area (TPSA) is 69.4 Å². The zero-order valence-corrected chi connectivity index (χ0v) is 12.1. The molecule has 0 atom stereocenters. The van der Waals surface area contributed by atoms with Gasteiger partial charge in [0, 0.05) is 23.5 Å². The number of thiazole rings is 1. The van der Waals surface area contributed by atoms with Gasteiger partial charge in [0.15, 0.2) is 4.34 Å². The van der Waals surface area contributed by atoms with Crippen LogP contribution in [0.1, 0.15) is 5.69 Å². The number of rotatable bonds is 3. The third-order valence-corrected chi connectivity index (χ3v) is 4.18. The molecule has 96 valence electrons. The smallest absolute Gasteiger partial charge is 0.240 e. The maximum atomic E-state index is 5.91. The summed E-state index contributed by atoms with van der Waals surface area (Å²) in [4.78, 5) is 20.8. The van der Waals surface area contributed by atoms with E-state index in [1.165, 1.54) is 11.8 Å². The molecule has 0 aliphatic heterocycles. The van der Waals surface area contributed by atoms with Gasteiger partial charge in [0.25, 0.3) is 0 Å². The monoisotopic (exact) mass is 310 g/mol. The first-order valence-corrected chi connectivity index (χ1v) is 7.28. The van der Waals surface area contributed by atoms with Gasteiger partial charge < -0.3 is 0 Å². The van der Waals surface area contributed by atoms with Crippen LogP contribution in [0.5, 0.6) is 0 Å². The van der Waals surface area contributed by atoms with Gasteiger partial charge >= 0.3 is 0 Å². The van der Waals surface area contributed by atoms with Crippen LogP contribution in [0.15, 0.2) is 33.6 Å². The lowest BCUT2D eigenvalue weighted by Crippen LogP contribution is -2.02. The minimum atomic E-state index is 0.148. The lowest BCUT2D eigenvalue weighted by molar-refractivity contribution is 0.823. The van der Waals surface area contributed by atoms with Gasteiger partial charge in [-0.05, 0) is 30.3 Å². The Morgan fingerprint density at radius 3 is 2.84 bits per heavy atom. The van der Waals surface area contributed by atoms with Gasteiger partial charge in [0.1, 0.15) is 6.33 Å².